The highest BCUT2D eigenvalue weighted by molar-refractivity contribution is 6.16. The number of methoxy groups -OCH3 is 1. The molecule has 2 aromatic rings. The zero-order chi connectivity index (χ0) is 13.3. The summed E-state index contributed by atoms with van der Waals surface area (Å²) in [6.07, 6.45) is 0. The topological polar surface area (TPSA) is 44.1 Å². The molecular weight excluding hydrogens is 252 g/mol. The van der Waals surface area contributed by atoms with Crippen LogP contribution in [0.5, 0.6) is 0 Å². The SMILES string of the molecule is COC(=O)C(C)n1c(CCl)nc2cc(C)ccc21. The summed E-state index contributed by atoms with van der Waals surface area (Å²) in [6.45, 7) is 3.78. The molecule has 0 aliphatic heterocycles. The summed E-state index contributed by atoms with van der Waals surface area (Å²) < 4.78 is 6.60. The molecule has 4 nitrogen and oxygen atoms in total. The zero-order valence-electron chi connectivity index (χ0n) is 10.6. The Morgan fingerprint density at radius 2 is 2.28 bits per heavy atom. The fraction of sp³-hybridized carbons (Fsp3) is 0.385. The van der Waals surface area contributed by atoms with Crippen molar-refractivity contribution in [2.75, 3.05) is 7.11 Å². The number of ether oxygens (including phenoxy) is 1. The van der Waals surface area contributed by atoms with E-state index in [1.165, 1.54) is 7.11 Å². The number of carbonyl (C=O) groups is 1. The van der Waals surface area contributed by atoms with Crippen LogP contribution >= 0.6 is 11.6 Å². The molecule has 0 radical (unpaired) electrons. The van der Waals surface area contributed by atoms with Crippen molar-refractivity contribution in [1.29, 1.82) is 0 Å². The van der Waals surface area contributed by atoms with Crippen molar-refractivity contribution in [3.63, 3.8) is 0 Å². The van der Waals surface area contributed by atoms with Gasteiger partial charge in [-0.1, -0.05) is 6.07 Å². The normalized spacial score (nSPS) is 12.7. The predicted molar refractivity (Wildman–Crippen MR) is 70.8 cm³/mol. The van der Waals surface area contributed by atoms with Crippen molar-refractivity contribution in [2.24, 2.45) is 0 Å². The van der Waals surface area contributed by atoms with Crippen molar-refractivity contribution in [1.82, 2.24) is 9.55 Å². The van der Waals surface area contributed by atoms with E-state index in [2.05, 4.69) is 4.98 Å². The molecule has 1 aromatic heterocycles. The maximum absolute atomic E-state index is 11.7. The minimum atomic E-state index is -0.434. The number of hydrogen-bond donors (Lipinski definition) is 0. The van der Waals surface area contributed by atoms with Crippen molar-refractivity contribution >= 4 is 28.6 Å². The smallest absolute Gasteiger partial charge is 0.328 e. The molecule has 0 N–H and O–H groups in total. The number of imidazole rings is 1. The van der Waals surface area contributed by atoms with Crippen LogP contribution in [0.25, 0.3) is 11.0 Å². The van der Waals surface area contributed by atoms with Gasteiger partial charge in [0.2, 0.25) is 0 Å². The van der Waals surface area contributed by atoms with Gasteiger partial charge in [0.05, 0.1) is 24.0 Å². The van der Waals surface area contributed by atoms with Crippen LogP contribution in [0.4, 0.5) is 0 Å². The molecule has 5 heteroatoms. The van der Waals surface area contributed by atoms with Gasteiger partial charge in [-0.25, -0.2) is 9.78 Å². The van der Waals surface area contributed by atoms with E-state index in [1.54, 1.807) is 6.92 Å². The van der Waals surface area contributed by atoms with Crippen LogP contribution < -0.4 is 0 Å². The number of rotatable bonds is 3. The second kappa shape index (κ2) is 4.98. The lowest BCUT2D eigenvalue weighted by Gasteiger charge is -2.14. The molecule has 0 spiro atoms. The molecule has 0 bridgehead atoms. The first kappa shape index (κ1) is 12.9. The number of nitrogens with zero attached hydrogens (tertiary/aromatic N) is 2. The highest BCUT2D eigenvalue weighted by Crippen LogP contribution is 2.23. The Morgan fingerprint density at radius 1 is 1.56 bits per heavy atom. The maximum atomic E-state index is 11.7. The lowest BCUT2D eigenvalue weighted by atomic mass is 10.2. The molecule has 0 amide bonds. The molecule has 2 rings (SSSR count). The molecular formula is C13H15ClN2O2. The summed E-state index contributed by atoms with van der Waals surface area (Å²) >= 11 is 5.90. The van der Waals surface area contributed by atoms with Gasteiger partial charge in [-0.2, -0.15) is 0 Å². The average molecular weight is 267 g/mol. The standard InChI is InChI=1S/C13H15ClN2O2/c1-8-4-5-11-10(6-8)15-12(7-14)16(11)9(2)13(17)18-3/h4-6,9H,7H2,1-3H3. The number of aromatic nitrogens is 2. The van der Waals surface area contributed by atoms with Gasteiger partial charge in [0.25, 0.3) is 0 Å². The Hall–Kier alpha value is -1.55. The Balaban J connectivity index is 2.63. The third-order valence-corrected chi connectivity index (χ3v) is 3.21. The van der Waals surface area contributed by atoms with Crippen LogP contribution in [0.2, 0.25) is 0 Å². The first-order valence-electron chi connectivity index (χ1n) is 5.69. The van der Waals surface area contributed by atoms with Crippen molar-refractivity contribution < 1.29 is 9.53 Å². The number of halogens is 1. The van der Waals surface area contributed by atoms with Gasteiger partial charge in [-0.15, -0.1) is 11.6 Å². The number of fused-ring (bicyclic) bond motifs is 1. The van der Waals surface area contributed by atoms with Gasteiger partial charge in [0.1, 0.15) is 11.9 Å². The molecule has 0 fully saturated rings. The third-order valence-electron chi connectivity index (χ3n) is 2.97. The van der Waals surface area contributed by atoms with E-state index in [0.717, 1.165) is 16.6 Å². The first-order chi connectivity index (χ1) is 8.58. The number of benzene rings is 1. The molecule has 1 atom stereocenters. The van der Waals surface area contributed by atoms with E-state index >= 15 is 0 Å². The fourth-order valence-electron chi connectivity index (χ4n) is 2.06. The molecule has 0 aliphatic rings. The Kier molecular flexibility index (Phi) is 3.57. The second-order valence-electron chi connectivity index (χ2n) is 4.22. The lowest BCUT2D eigenvalue weighted by molar-refractivity contribution is -0.143. The molecule has 0 aliphatic carbocycles. The molecule has 18 heavy (non-hydrogen) atoms. The first-order valence-corrected chi connectivity index (χ1v) is 6.23. The van der Waals surface area contributed by atoms with Gasteiger partial charge in [-0.05, 0) is 31.5 Å². The van der Waals surface area contributed by atoms with E-state index in [4.69, 9.17) is 16.3 Å². The highest BCUT2D eigenvalue weighted by atomic mass is 35.5. The van der Waals surface area contributed by atoms with E-state index in [0.29, 0.717) is 5.82 Å². The minimum absolute atomic E-state index is 0.259. The summed E-state index contributed by atoms with van der Waals surface area (Å²) in [5.74, 6) is 0.631. The lowest BCUT2D eigenvalue weighted by Crippen LogP contribution is -2.19. The Labute approximate surface area is 111 Å². The molecule has 96 valence electrons. The van der Waals surface area contributed by atoms with Crippen molar-refractivity contribution in [3.05, 3.63) is 29.6 Å². The summed E-state index contributed by atoms with van der Waals surface area (Å²) in [6, 6.07) is 5.48. The van der Waals surface area contributed by atoms with Gasteiger partial charge in [-0.3, -0.25) is 0 Å². The molecule has 0 saturated carbocycles. The summed E-state index contributed by atoms with van der Waals surface area (Å²) in [4.78, 5) is 16.1. The number of hydrogen-bond acceptors (Lipinski definition) is 3. The zero-order valence-corrected chi connectivity index (χ0v) is 11.4. The fourth-order valence-corrected chi connectivity index (χ4v) is 2.25. The van der Waals surface area contributed by atoms with E-state index in [-0.39, 0.29) is 11.8 Å². The number of alkyl halides is 1. The Morgan fingerprint density at radius 3 is 2.89 bits per heavy atom. The van der Waals surface area contributed by atoms with Gasteiger partial charge in [0, 0.05) is 0 Å². The largest absolute Gasteiger partial charge is 0.467 e. The van der Waals surface area contributed by atoms with E-state index in [1.807, 2.05) is 29.7 Å². The molecule has 1 heterocycles. The summed E-state index contributed by atoms with van der Waals surface area (Å²) in [5.41, 5.74) is 2.87. The van der Waals surface area contributed by atoms with Crippen molar-refractivity contribution in [2.45, 2.75) is 25.8 Å². The van der Waals surface area contributed by atoms with Gasteiger partial charge < -0.3 is 9.30 Å². The molecule has 0 saturated heterocycles. The number of esters is 1. The van der Waals surface area contributed by atoms with Gasteiger partial charge >= 0.3 is 5.97 Å². The number of carbonyl (C=O) groups excluding carboxylic acids is 1. The van der Waals surface area contributed by atoms with Crippen LogP contribution in [0.3, 0.4) is 0 Å². The van der Waals surface area contributed by atoms with E-state index in [9.17, 15) is 4.79 Å². The summed E-state index contributed by atoms with van der Waals surface area (Å²) in [5, 5.41) is 0. The Bertz CT molecular complexity index is 592. The van der Waals surface area contributed by atoms with Crippen LogP contribution in [-0.4, -0.2) is 22.6 Å². The summed E-state index contributed by atoms with van der Waals surface area (Å²) in [7, 11) is 1.38. The third kappa shape index (κ3) is 2.08. The molecule has 1 unspecified atom stereocenters. The van der Waals surface area contributed by atoms with Crippen LogP contribution in [-0.2, 0) is 15.4 Å². The predicted octanol–water partition coefficient (Wildman–Crippen LogP) is 2.82. The van der Waals surface area contributed by atoms with E-state index < -0.39 is 6.04 Å². The maximum Gasteiger partial charge on any atom is 0.328 e. The van der Waals surface area contributed by atoms with Crippen LogP contribution in [0.1, 0.15) is 24.4 Å². The molecule has 1 aromatic carbocycles. The minimum Gasteiger partial charge on any atom is -0.467 e. The monoisotopic (exact) mass is 266 g/mol. The quantitative estimate of drug-likeness (QED) is 0.634. The van der Waals surface area contributed by atoms with Gasteiger partial charge in [0.15, 0.2) is 0 Å². The number of aryl methyl sites for hydroxylation is 1. The highest BCUT2D eigenvalue weighted by Gasteiger charge is 2.21. The van der Waals surface area contributed by atoms with Crippen molar-refractivity contribution in [3.8, 4) is 0 Å². The average Bonchev–Trinajstić information content (AvgIpc) is 2.74. The van der Waals surface area contributed by atoms with Crippen LogP contribution in [0.15, 0.2) is 18.2 Å². The van der Waals surface area contributed by atoms with Crippen LogP contribution in [0, 0.1) is 6.92 Å². The second-order valence-corrected chi connectivity index (χ2v) is 4.49.